The van der Waals surface area contributed by atoms with Crippen molar-refractivity contribution in [3.05, 3.63) is 71.3 Å². The number of carbonyl (C=O) groups is 2. The lowest BCUT2D eigenvalue weighted by atomic mass is 10.1. The summed E-state index contributed by atoms with van der Waals surface area (Å²) in [4.78, 5) is 27.4. The molecule has 150 valence electrons. The third-order valence-corrected chi connectivity index (χ3v) is 4.81. The molecule has 0 bridgehead atoms. The van der Waals surface area contributed by atoms with Gasteiger partial charge in [0.15, 0.2) is 0 Å². The zero-order valence-corrected chi connectivity index (χ0v) is 17.4. The molecular formula is C24H32N2O2. The van der Waals surface area contributed by atoms with Crippen LogP contribution in [0.2, 0.25) is 0 Å². The largest absolute Gasteiger partial charge is 0.354 e. The third kappa shape index (κ3) is 6.84. The zero-order chi connectivity index (χ0) is 20.5. The van der Waals surface area contributed by atoms with Gasteiger partial charge in [-0.1, -0.05) is 74.0 Å². The molecule has 2 aromatic carbocycles. The fourth-order valence-electron chi connectivity index (χ4n) is 3.00. The topological polar surface area (TPSA) is 49.4 Å². The van der Waals surface area contributed by atoms with Gasteiger partial charge in [-0.2, -0.15) is 0 Å². The quantitative estimate of drug-likeness (QED) is 0.720. The Labute approximate surface area is 169 Å². The highest BCUT2D eigenvalue weighted by Crippen LogP contribution is 2.11. The monoisotopic (exact) mass is 380 g/mol. The summed E-state index contributed by atoms with van der Waals surface area (Å²) in [6, 6.07) is 17.5. The highest BCUT2D eigenvalue weighted by Gasteiger charge is 2.25. The minimum atomic E-state index is -0.500. The van der Waals surface area contributed by atoms with Crippen LogP contribution >= 0.6 is 0 Å². The third-order valence-electron chi connectivity index (χ3n) is 4.81. The van der Waals surface area contributed by atoms with Gasteiger partial charge in [-0.15, -0.1) is 0 Å². The van der Waals surface area contributed by atoms with Crippen molar-refractivity contribution >= 4 is 11.8 Å². The maximum absolute atomic E-state index is 13.0. The number of nitrogens with zero attached hydrogens (tertiary/aromatic N) is 1. The number of hydrogen-bond acceptors (Lipinski definition) is 2. The van der Waals surface area contributed by atoms with Gasteiger partial charge in [-0.3, -0.25) is 9.59 Å². The van der Waals surface area contributed by atoms with Gasteiger partial charge < -0.3 is 10.2 Å². The van der Waals surface area contributed by atoms with Gasteiger partial charge in [-0.05, 0) is 37.3 Å². The molecule has 2 amide bonds. The molecule has 0 heterocycles. The van der Waals surface area contributed by atoms with Crippen LogP contribution in [0.4, 0.5) is 0 Å². The van der Waals surface area contributed by atoms with Crippen LogP contribution in [0.25, 0.3) is 0 Å². The molecule has 0 aliphatic carbocycles. The van der Waals surface area contributed by atoms with E-state index in [1.54, 1.807) is 4.90 Å². The average Bonchev–Trinajstić information content (AvgIpc) is 2.68. The molecule has 1 atom stereocenters. The van der Waals surface area contributed by atoms with Crippen LogP contribution in [-0.2, 0) is 22.4 Å². The molecule has 4 heteroatoms. The predicted octanol–water partition coefficient (Wildman–Crippen LogP) is 3.77. The van der Waals surface area contributed by atoms with Gasteiger partial charge in [0.1, 0.15) is 6.04 Å². The molecule has 0 spiro atoms. The smallest absolute Gasteiger partial charge is 0.242 e. The van der Waals surface area contributed by atoms with E-state index in [9.17, 15) is 9.59 Å². The van der Waals surface area contributed by atoms with Gasteiger partial charge >= 0.3 is 0 Å². The number of carbonyl (C=O) groups excluding carboxylic acids is 2. The first kappa shape index (κ1) is 21.7. The number of amides is 2. The zero-order valence-electron chi connectivity index (χ0n) is 17.4. The Bertz CT molecular complexity index is 754. The summed E-state index contributed by atoms with van der Waals surface area (Å²) in [6.45, 7) is 9.08. The summed E-state index contributed by atoms with van der Waals surface area (Å²) in [7, 11) is 0. The fourth-order valence-corrected chi connectivity index (χ4v) is 3.00. The van der Waals surface area contributed by atoms with E-state index in [1.807, 2.05) is 68.4 Å². The van der Waals surface area contributed by atoms with Gasteiger partial charge in [0.05, 0.1) is 6.42 Å². The molecule has 28 heavy (non-hydrogen) atoms. The number of benzene rings is 2. The number of aryl methyl sites for hydroxylation is 1. The molecule has 0 fully saturated rings. The molecule has 2 aromatic rings. The highest BCUT2D eigenvalue weighted by atomic mass is 16.2. The molecule has 1 N–H and O–H groups in total. The summed E-state index contributed by atoms with van der Waals surface area (Å²) < 4.78 is 0. The van der Waals surface area contributed by atoms with E-state index < -0.39 is 6.04 Å². The van der Waals surface area contributed by atoms with E-state index in [2.05, 4.69) is 19.2 Å². The minimum Gasteiger partial charge on any atom is -0.354 e. The lowest BCUT2D eigenvalue weighted by molar-refractivity contribution is -0.139. The molecule has 0 aromatic heterocycles. The molecule has 2 rings (SSSR count). The van der Waals surface area contributed by atoms with Crippen molar-refractivity contribution in [1.29, 1.82) is 0 Å². The number of hydrogen-bond donors (Lipinski definition) is 1. The van der Waals surface area contributed by atoms with E-state index in [0.717, 1.165) is 17.5 Å². The maximum atomic E-state index is 13.0. The Morgan fingerprint density at radius 1 is 0.929 bits per heavy atom. The predicted molar refractivity (Wildman–Crippen MR) is 114 cm³/mol. The van der Waals surface area contributed by atoms with Crippen molar-refractivity contribution in [2.45, 2.75) is 46.6 Å². The molecule has 0 aliphatic rings. The van der Waals surface area contributed by atoms with Crippen molar-refractivity contribution in [3.63, 3.8) is 0 Å². The van der Waals surface area contributed by atoms with Crippen molar-refractivity contribution < 1.29 is 9.59 Å². The van der Waals surface area contributed by atoms with E-state index in [4.69, 9.17) is 0 Å². The van der Waals surface area contributed by atoms with Crippen molar-refractivity contribution in [3.8, 4) is 0 Å². The Kier molecular flexibility index (Phi) is 8.24. The fraction of sp³-hybridized carbons (Fsp3) is 0.417. The maximum Gasteiger partial charge on any atom is 0.242 e. The first-order valence-electron chi connectivity index (χ1n) is 10.0. The normalized spacial score (nSPS) is 11.9. The molecule has 1 unspecified atom stereocenters. The minimum absolute atomic E-state index is 0.0213. The second-order valence-electron chi connectivity index (χ2n) is 7.80. The summed E-state index contributed by atoms with van der Waals surface area (Å²) in [6.07, 6.45) is 1.03. The highest BCUT2D eigenvalue weighted by molar-refractivity contribution is 5.88. The Hall–Kier alpha value is -2.62. The molecule has 0 saturated heterocycles. The van der Waals surface area contributed by atoms with E-state index >= 15 is 0 Å². The standard InChI is InChI=1S/C24H32N2O2/c1-18(2)17-25-24(28)20(4)26(15-14-21-8-6-5-7-9-21)23(27)16-22-12-10-19(3)11-13-22/h5-13,18,20H,14-17H2,1-4H3,(H,25,28). The van der Waals surface area contributed by atoms with Gasteiger partial charge in [0.25, 0.3) is 0 Å². The second-order valence-corrected chi connectivity index (χ2v) is 7.80. The van der Waals surface area contributed by atoms with Gasteiger partial charge in [-0.25, -0.2) is 0 Å². The van der Waals surface area contributed by atoms with Crippen LogP contribution < -0.4 is 5.32 Å². The first-order valence-corrected chi connectivity index (χ1v) is 10.0. The second kappa shape index (κ2) is 10.6. The SMILES string of the molecule is Cc1ccc(CC(=O)N(CCc2ccccc2)C(C)C(=O)NCC(C)C)cc1. The van der Waals surface area contributed by atoms with Gasteiger partial charge in [0.2, 0.25) is 11.8 Å². The van der Waals surface area contributed by atoms with Crippen LogP contribution in [0.15, 0.2) is 54.6 Å². The van der Waals surface area contributed by atoms with E-state index in [0.29, 0.717) is 25.4 Å². The Morgan fingerprint density at radius 2 is 1.57 bits per heavy atom. The van der Waals surface area contributed by atoms with E-state index in [-0.39, 0.29) is 11.8 Å². The van der Waals surface area contributed by atoms with Crippen LogP contribution in [0.3, 0.4) is 0 Å². The Balaban J connectivity index is 2.10. The van der Waals surface area contributed by atoms with Crippen LogP contribution in [0.5, 0.6) is 0 Å². The molecular weight excluding hydrogens is 348 g/mol. The number of nitrogens with one attached hydrogen (secondary N) is 1. The first-order chi connectivity index (χ1) is 13.4. The summed E-state index contributed by atoms with van der Waals surface area (Å²) >= 11 is 0. The lowest BCUT2D eigenvalue weighted by Gasteiger charge is -2.29. The average molecular weight is 381 g/mol. The van der Waals surface area contributed by atoms with E-state index in [1.165, 1.54) is 5.56 Å². The number of rotatable bonds is 9. The summed E-state index contributed by atoms with van der Waals surface area (Å²) in [5, 5.41) is 2.95. The summed E-state index contributed by atoms with van der Waals surface area (Å²) in [5.74, 6) is 0.253. The van der Waals surface area contributed by atoms with Crippen molar-refractivity contribution in [1.82, 2.24) is 10.2 Å². The van der Waals surface area contributed by atoms with Crippen molar-refractivity contribution in [2.75, 3.05) is 13.1 Å². The molecule has 0 radical (unpaired) electrons. The molecule has 0 saturated carbocycles. The summed E-state index contributed by atoms with van der Waals surface area (Å²) in [5.41, 5.74) is 3.29. The van der Waals surface area contributed by atoms with Crippen molar-refractivity contribution in [2.24, 2.45) is 5.92 Å². The lowest BCUT2D eigenvalue weighted by Crippen LogP contribution is -2.49. The van der Waals surface area contributed by atoms with Gasteiger partial charge in [0, 0.05) is 13.1 Å². The van der Waals surface area contributed by atoms with Crippen LogP contribution in [0.1, 0.15) is 37.5 Å². The Morgan fingerprint density at radius 3 is 2.18 bits per heavy atom. The molecule has 4 nitrogen and oxygen atoms in total. The van der Waals surface area contributed by atoms with Crippen LogP contribution in [-0.4, -0.2) is 35.8 Å². The molecule has 0 aliphatic heterocycles. The van der Waals surface area contributed by atoms with Crippen LogP contribution in [0, 0.1) is 12.8 Å².